The molecule has 0 heterocycles. The maximum absolute atomic E-state index is 12.1. The number of aliphatic hydroxyl groups excluding tert-OH is 1. The summed E-state index contributed by atoms with van der Waals surface area (Å²) >= 11 is 0. The molecule has 0 aliphatic rings. The van der Waals surface area contributed by atoms with Crippen LogP contribution < -0.4 is 9.80 Å². The molecule has 3 rings (SSSR count). The Kier molecular flexibility index (Phi) is 44.5. The van der Waals surface area contributed by atoms with E-state index in [2.05, 4.69) is 74.8 Å². The smallest absolute Gasteiger partial charge is 0.297 e. The second-order valence-electron chi connectivity index (χ2n) is 20.6. The van der Waals surface area contributed by atoms with Crippen molar-refractivity contribution in [3.63, 3.8) is 0 Å². The second kappa shape index (κ2) is 47.8. The first-order valence-corrected chi connectivity index (χ1v) is 31.3. The van der Waals surface area contributed by atoms with Crippen molar-refractivity contribution < 1.29 is 22.4 Å². The molecule has 0 fully saturated rings. The number of likely N-dealkylation sites (N-methyl/N-ethyl adjacent to an activating group) is 2. The number of unbranched alkanes of at least 4 members (excludes halogenated alkanes) is 23. The summed E-state index contributed by atoms with van der Waals surface area (Å²) in [6.07, 6.45) is 40.2. The summed E-state index contributed by atoms with van der Waals surface area (Å²) in [5.74, 6) is 1.26. The molecule has 3 aromatic rings. The van der Waals surface area contributed by atoms with Gasteiger partial charge in [0.25, 0.3) is 10.1 Å². The summed E-state index contributed by atoms with van der Waals surface area (Å²) in [5, 5.41) is 9.57. The van der Waals surface area contributed by atoms with Crippen molar-refractivity contribution in [2.45, 2.75) is 240 Å². The predicted octanol–water partition coefficient (Wildman–Crippen LogP) is 18.4. The molecule has 0 saturated heterocycles. The van der Waals surface area contributed by atoms with Crippen LogP contribution in [0.1, 0.15) is 233 Å². The number of aryl methyl sites for hydroxylation is 1. The number of hydrogen-bond donors (Lipinski definition) is 1. The van der Waals surface area contributed by atoms with Gasteiger partial charge in [-0.15, -0.1) is 0 Å². The Morgan fingerprint density at radius 3 is 1.21 bits per heavy atom. The molecule has 1 N–H and O–H groups in total. The van der Waals surface area contributed by atoms with Gasteiger partial charge in [0.15, 0.2) is 0 Å². The number of benzene rings is 3. The van der Waals surface area contributed by atoms with Gasteiger partial charge in [-0.05, 0) is 88.3 Å². The molecule has 0 spiro atoms. The lowest BCUT2D eigenvalue weighted by Crippen LogP contribution is -2.28. The van der Waals surface area contributed by atoms with Crippen LogP contribution in [0.2, 0.25) is 0 Å². The lowest BCUT2D eigenvalue weighted by atomic mass is 9.94. The van der Waals surface area contributed by atoms with Crippen LogP contribution >= 0.6 is 0 Å². The van der Waals surface area contributed by atoms with Crippen LogP contribution in [0.4, 0.5) is 11.4 Å². The molecule has 0 aromatic heterocycles. The highest BCUT2D eigenvalue weighted by atomic mass is 32.2. The minimum absolute atomic E-state index is 0.124. The minimum atomic E-state index is -3.69. The molecular formula is C64H112N2O5S. The van der Waals surface area contributed by atoms with Gasteiger partial charge < -0.3 is 19.6 Å². The van der Waals surface area contributed by atoms with E-state index in [1.54, 1.807) is 24.3 Å². The van der Waals surface area contributed by atoms with Crippen molar-refractivity contribution in [2.24, 2.45) is 11.8 Å². The Hall–Kier alpha value is -2.91. The highest BCUT2D eigenvalue weighted by Gasteiger charge is 2.16. The van der Waals surface area contributed by atoms with Crippen molar-refractivity contribution in [3.8, 4) is 0 Å². The highest BCUT2D eigenvalue weighted by Crippen LogP contribution is 2.21. The molecule has 72 heavy (non-hydrogen) atoms. The summed E-state index contributed by atoms with van der Waals surface area (Å²) < 4.78 is 35.3. The van der Waals surface area contributed by atoms with E-state index in [-0.39, 0.29) is 11.5 Å². The van der Waals surface area contributed by atoms with E-state index in [1.165, 1.54) is 192 Å². The van der Waals surface area contributed by atoms with Crippen molar-refractivity contribution in [2.75, 3.05) is 62.4 Å². The highest BCUT2D eigenvalue weighted by molar-refractivity contribution is 7.86. The molecule has 2 atom stereocenters. The van der Waals surface area contributed by atoms with Gasteiger partial charge in [0, 0.05) is 50.8 Å². The molecule has 0 aliphatic carbocycles. The van der Waals surface area contributed by atoms with Gasteiger partial charge in [0.1, 0.15) is 0 Å². The molecule has 0 saturated carbocycles. The fourth-order valence-electron chi connectivity index (χ4n) is 9.23. The molecule has 0 amide bonds. The summed E-state index contributed by atoms with van der Waals surface area (Å²) in [6, 6.07) is 27.2. The van der Waals surface area contributed by atoms with Crippen molar-refractivity contribution in [1.82, 2.24) is 0 Å². The molecule has 414 valence electrons. The summed E-state index contributed by atoms with van der Waals surface area (Å²) in [7, 11) is -3.69. The first-order valence-electron chi connectivity index (χ1n) is 29.9. The van der Waals surface area contributed by atoms with Gasteiger partial charge in [0.05, 0.1) is 18.1 Å². The van der Waals surface area contributed by atoms with E-state index in [1.807, 2.05) is 44.2 Å². The van der Waals surface area contributed by atoms with Gasteiger partial charge in [-0.2, -0.15) is 8.42 Å². The van der Waals surface area contributed by atoms with E-state index >= 15 is 0 Å². The molecule has 0 bridgehead atoms. The minimum Gasteiger partial charge on any atom is -0.396 e. The topological polar surface area (TPSA) is 79.3 Å². The average Bonchev–Trinajstić information content (AvgIpc) is 3.40. The first-order chi connectivity index (χ1) is 35.1. The monoisotopic (exact) mass is 1020 g/mol. The lowest BCUT2D eigenvalue weighted by Gasteiger charge is -2.23. The maximum atomic E-state index is 12.1. The molecule has 2 unspecified atom stereocenters. The Labute approximate surface area is 446 Å². The summed E-state index contributed by atoms with van der Waals surface area (Å²) in [4.78, 5) is 4.65. The molecule has 7 nitrogen and oxygen atoms in total. The zero-order valence-electron chi connectivity index (χ0n) is 47.8. The van der Waals surface area contributed by atoms with Crippen molar-refractivity contribution >= 4 is 21.5 Å². The first kappa shape index (κ1) is 67.1. The normalized spacial score (nSPS) is 12.1. The predicted molar refractivity (Wildman–Crippen MR) is 314 cm³/mol. The van der Waals surface area contributed by atoms with Crippen LogP contribution in [0.25, 0.3) is 0 Å². The third kappa shape index (κ3) is 36.9. The van der Waals surface area contributed by atoms with Crippen LogP contribution in [0.15, 0.2) is 89.8 Å². The standard InChI is InChI=1S/C24H50O.C23H41NO.C17H21NO3S/c1-3-5-7-9-11-13-14-16-18-20-22-24(23-25)21-19-17-15-12-10-8-6-4-2;1-4-6-7-8-9-10-11-13-16-22(3)21-25-20-19-24(5-2)23-17-14-12-15-18-23;1-3-18(16-7-5-4-6-8-16)13-14-21-22(19,20)17-11-9-15(2)10-12-17/h24-25H,3-23H2,1-2H3;12,14-15,17-18,22H,4-11,13,16,19-21H2,1-3H3;4-12H,3,13-14H2,1-2H3. The molecule has 0 radical (unpaired) electrons. The van der Waals surface area contributed by atoms with Gasteiger partial charge in [-0.1, -0.05) is 249 Å². The van der Waals surface area contributed by atoms with Gasteiger partial charge in [-0.25, -0.2) is 0 Å². The number of aliphatic hydroxyl groups is 1. The van der Waals surface area contributed by atoms with Gasteiger partial charge >= 0.3 is 0 Å². The zero-order chi connectivity index (χ0) is 52.6. The SMILES string of the molecule is CCCCCCCCCCC(C)COCCN(CC)c1ccccc1.CCCCCCCCCCCCC(CO)CCCCCCCCCC.CCN(CCOS(=O)(=O)c1ccc(C)cc1)c1ccccc1. The second-order valence-corrected chi connectivity index (χ2v) is 22.3. The number of hydrogen-bond acceptors (Lipinski definition) is 7. The largest absolute Gasteiger partial charge is 0.396 e. The van der Waals surface area contributed by atoms with Gasteiger partial charge in [0.2, 0.25) is 0 Å². The van der Waals surface area contributed by atoms with Gasteiger partial charge in [-0.3, -0.25) is 4.18 Å². The summed E-state index contributed by atoms with van der Waals surface area (Å²) in [5.41, 5.74) is 3.36. The van der Waals surface area contributed by atoms with Crippen LogP contribution in [0.5, 0.6) is 0 Å². The Bertz CT molecular complexity index is 1680. The summed E-state index contributed by atoms with van der Waals surface area (Å²) in [6.45, 7) is 20.9. The van der Waals surface area contributed by atoms with Crippen LogP contribution in [-0.2, 0) is 19.0 Å². The maximum Gasteiger partial charge on any atom is 0.297 e. The van der Waals surface area contributed by atoms with E-state index in [9.17, 15) is 13.5 Å². The third-order valence-corrected chi connectivity index (χ3v) is 15.4. The van der Waals surface area contributed by atoms with Crippen LogP contribution in [0, 0.1) is 18.8 Å². The Morgan fingerprint density at radius 2 is 0.833 bits per heavy atom. The number of anilines is 2. The fraction of sp³-hybridized carbons (Fsp3) is 0.719. The van der Waals surface area contributed by atoms with E-state index in [0.717, 1.165) is 44.1 Å². The quantitative estimate of drug-likeness (QED) is 0.0446. The lowest BCUT2D eigenvalue weighted by molar-refractivity contribution is 0.106. The molecule has 3 aromatic carbocycles. The van der Waals surface area contributed by atoms with Crippen LogP contribution in [-0.4, -0.2) is 66.1 Å². The molecular weight excluding hydrogens is 909 g/mol. The number of para-hydroxylation sites is 2. The Morgan fingerprint density at radius 1 is 0.472 bits per heavy atom. The van der Waals surface area contributed by atoms with Crippen molar-refractivity contribution in [3.05, 3.63) is 90.5 Å². The van der Waals surface area contributed by atoms with Crippen LogP contribution in [0.3, 0.4) is 0 Å². The van der Waals surface area contributed by atoms with E-state index in [4.69, 9.17) is 8.92 Å². The average molecular weight is 1020 g/mol. The number of rotatable bonds is 44. The number of nitrogens with zero attached hydrogens (tertiary/aromatic N) is 2. The van der Waals surface area contributed by atoms with E-state index in [0.29, 0.717) is 25.0 Å². The zero-order valence-corrected chi connectivity index (χ0v) is 48.6. The molecule has 0 aliphatic heterocycles. The number of ether oxygens (including phenoxy) is 1. The fourth-order valence-corrected chi connectivity index (χ4v) is 10.1. The molecule has 8 heteroatoms. The van der Waals surface area contributed by atoms with E-state index < -0.39 is 10.1 Å². The Balaban J connectivity index is 0.000000541. The third-order valence-electron chi connectivity index (χ3n) is 14.1. The van der Waals surface area contributed by atoms with Crippen molar-refractivity contribution in [1.29, 1.82) is 0 Å².